The second-order valence-corrected chi connectivity index (χ2v) is 5.36. The Balaban J connectivity index is 2.27. The number of benzene rings is 1. The number of carboxylic acids is 1. The zero-order valence-corrected chi connectivity index (χ0v) is 13.0. The summed E-state index contributed by atoms with van der Waals surface area (Å²) in [6.07, 6.45) is -0.0810. The quantitative estimate of drug-likeness (QED) is 0.891. The van der Waals surface area contributed by atoms with Gasteiger partial charge in [-0.15, -0.1) is 0 Å². The van der Waals surface area contributed by atoms with E-state index in [0.717, 1.165) is 22.6 Å². The monoisotopic (exact) mass is 300 g/mol. The summed E-state index contributed by atoms with van der Waals surface area (Å²) < 4.78 is 2.03. The molecule has 0 saturated carbocycles. The molecule has 0 bridgehead atoms. The smallest absolute Gasteiger partial charge is 0.305 e. The number of carboxylic acid groups (broad SMARTS) is 1. The van der Waals surface area contributed by atoms with Gasteiger partial charge in [0.05, 0.1) is 12.0 Å². The second kappa shape index (κ2) is 6.47. The third-order valence-electron chi connectivity index (χ3n) is 3.56. The van der Waals surface area contributed by atoms with Gasteiger partial charge in [0.2, 0.25) is 0 Å². The van der Waals surface area contributed by atoms with E-state index in [1.54, 1.807) is 0 Å². The zero-order chi connectivity index (χ0) is 16.3. The van der Waals surface area contributed by atoms with E-state index < -0.39 is 5.97 Å². The van der Waals surface area contributed by atoms with Crippen LogP contribution in [0.3, 0.4) is 0 Å². The molecule has 0 fully saturated rings. The van der Waals surface area contributed by atoms with Crippen LogP contribution in [0.15, 0.2) is 30.3 Å². The molecule has 0 aliphatic heterocycles. The first-order valence-corrected chi connectivity index (χ1v) is 7.16. The molecule has 5 nitrogen and oxygen atoms in total. The predicted molar refractivity (Wildman–Crippen MR) is 84.6 cm³/mol. The fourth-order valence-electron chi connectivity index (χ4n) is 2.54. The summed E-state index contributed by atoms with van der Waals surface area (Å²) in [5.74, 6) is -1.17. The summed E-state index contributed by atoms with van der Waals surface area (Å²) in [4.78, 5) is 22.7. The Kier molecular flexibility index (Phi) is 4.65. The molecule has 1 aromatic carbocycles. The lowest BCUT2D eigenvalue weighted by Gasteiger charge is -2.10. The van der Waals surface area contributed by atoms with Crippen LogP contribution in [0, 0.1) is 20.8 Å². The van der Waals surface area contributed by atoms with Gasteiger partial charge < -0.3 is 15.0 Å². The van der Waals surface area contributed by atoms with E-state index in [1.807, 2.05) is 49.6 Å². The van der Waals surface area contributed by atoms with Crippen LogP contribution in [0.4, 0.5) is 0 Å². The van der Waals surface area contributed by atoms with E-state index in [4.69, 9.17) is 5.11 Å². The summed E-state index contributed by atoms with van der Waals surface area (Å²) >= 11 is 0. The molecule has 1 amide bonds. The SMILES string of the molecule is Cc1cccc(-n2c(C)cc(C(=O)NCCC(=O)O)c2C)c1. The summed E-state index contributed by atoms with van der Waals surface area (Å²) in [6.45, 7) is 5.99. The van der Waals surface area contributed by atoms with Crippen molar-refractivity contribution in [3.8, 4) is 5.69 Å². The number of aliphatic carboxylic acids is 1. The molecular formula is C17H20N2O3. The third kappa shape index (κ3) is 3.36. The van der Waals surface area contributed by atoms with Crippen molar-refractivity contribution >= 4 is 11.9 Å². The molecule has 1 heterocycles. The van der Waals surface area contributed by atoms with Gasteiger partial charge in [-0.1, -0.05) is 12.1 Å². The Bertz CT molecular complexity index is 717. The molecule has 0 saturated heterocycles. The highest BCUT2D eigenvalue weighted by Gasteiger charge is 2.16. The van der Waals surface area contributed by atoms with Gasteiger partial charge in [-0.05, 0) is 44.5 Å². The number of nitrogens with one attached hydrogen (secondary N) is 1. The van der Waals surface area contributed by atoms with Gasteiger partial charge in [0.15, 0.2) is 0 Å². The molecular weight excluding hydrogens is 280 g/mol. The maximum absolute atomic E-state index is 12.2. The standard InChI is InChI=1S/C17H20N2O3/c1-11-5-4-6-14(9-11)19-12(2)10-15(13(19)3)17(22)18-8-7-16(20)21/h4-6,9-10H,7-8H2,1-3H3,(H,18,22)(H,20,21). The van der Waals surface area contributed by atoms with E-state index in [0.29, 0.717) is 5.56 Å². The number of hydrogen-bond acceptors (Lipinski definition) is 2. The Hall–Kier alpha value is -2.56. The number of aryl methyl sites for hydroxylation is 2. The topological polar surface area (TPSA) is 71.3 Å². The van der Waals surface area contributed by atoms with Gasteiger partial charge in [0.1, 0.15) is 0 Å². The molecule has 0 radical (unpaired) electrons. The average Bonchev–Trinajstić information content (AvgIpc) is 2.73. The second-order valence-electron chi connectivity index (χ2n) is 5.36. The molecule has 22 heavy (non-hydrogen) atoms. The number of rotatable bonds is 5. The first kappa shape index (κ1) is 15.8. The van der Waals surface area contributed by atoms with Crippen LogP contribution in [0.2, 0.25) is 0 Å². The molecule has 0 atom stereocenters. The molecule has 0 aliphatic carbocycles. The van der Waals surface area contributed by atoms with Crippen molar-refractivity contribution < 1.29 is 14.7 Å². The molecule has 0 unspecified atom stereocenters. The van der Waals surface area contributed by atoms with Crippen LogP contribution in [-0.2, 0) is 4.79 Å². The highest BCUT2D eigenvalue weighted by atomic mass is 16.4. The number of amides is 1. The third-order valence-corrected chi connectivity index (χ3v) is 3.56. The van der Waals surface area contributed by atoms with E-state index in [9.17, 15) is 9.59 Å². The van der Waals surface area contributed by atoms with Gasteiger partial charge >= 0.3 is 5.97 Å². The lowest BCUT2D eigenvalue weighted by Crippen LogP contribution is -2.26. The lowest BCUT2D eigenvalue weighted by molar-refractivity contribution is -0.136. The van der Waals surface area contributed by atoms with Crippen LogP contribution in [0.25, 0.3) is 5.69 Å². The van der Waals surface area contributed by atoms with Gasteiger partial charge in [0, 0.05) is 23.6 Å². The minimum atomic E-state index is -0.925. The number of nitrogens with zero attached hydrogens (tertiary/aromatic N) is 1. The van der Waals surface area contributed by atoms with E-state index >= 15 is 0 Å². The summed E-state index contributed by atoms with van der Waals surface area (Å²) in [7, 11) is 0. The largest absolute Gasteiger partial charge is 0.481 e. The van der Waals surface area contributed by atoms with Crippen LogP contribution in [-0.4, -0.2) is 28.1 Å². The van der Waals surface area contributed by atoms with E-state index in [-0.39, 0.29) is 18.9 Å². The number of carbonyl (C=O) groups is 2. The molecule has 0 aliphatic rings. The van der Waals surface area contributed by atoms with Crippen molar-refractivity contribution in [1.29, 1.82) is 0 Å². The predicted octanol–water partition coefficient (Wildman–Crippen LogP) is 2.61. The highest BCUT2D eigenvalue weighted by Crippen LogP contribution is 2.21. The van der Waals surface area contributed by atoms with Crippen molar-refractivity contribution in [3.63, 3.8) is 0 Å². The minimum absolute atomic E-state index is 0.0810. The molecule has 2 N–H and O–H groups in total. The maximum Gasteiger partial charge on any atom is 0.305 e. The summed E-state index contributed by atoms with van der Waals surface area (Å²) in [5.41, 5.74) is 4.55. The van der Waals surface area contributed by atoms with Crippen LogP contribution >= 0.6 is 0 Å². The Labute approximate surface area is 129 Å². The number of aromatic nitrogens is 1. The fraction of sp³-hybridized carbons (Fsp3) is 0.294. The molecule has 0 spiro atoms. The summed E-state index contributed by atoms with van der Waals surface area (Å²) in [5, 5.41) is 11.3. The molecule has 1 aromatic heterocycles. The van der Waals surface area contributed by atoms with Crippen molar-refractivity contribution in [2.24, 2.45) is 0 Å². The minimum Gasteiger partial charge on any atom is -0.481 e. The molecule has 116 valence electrons. The summed E-state index contributed by atoms with van der Waals surface area (Å²) in [6, 6.07) is 9.90. The Morgan fingerprint density at radius 2 is 1.91 bits per heavy atom. The zero-order valence-electron chi connectivity index (χ0n) is 13.0. The molecule has 5 heteroatoms. The van der Waals surface area contributed by atoms with Gasteiger partial charge in [0.25, 0.3) is 5.91 Å². The van der Waals surface area contributed by atoms with Crippen LogP contribution < -0.4 is 5.32 Å². The number of hydrogen-bond donors (Lipinski definition) is 2. The van der Waals surface area contributed by atoms with Crippen molar-refractivity contribution in [2.75, 3.05) is 6.54 Å². The first-order valence-electron chi connectivity index (χ1n) is 7.16. The molecule has 2 rings (SSSR count). The van der Waals surface area contributed by atoms with E-state index in [2.05, 4.69) is 11.4 Å². The lowest BCUT2D eigenvalue weighted by atomic mass is 10.2. The highest BCUT2D eigenvalue weighted by molar-refractivity contribution is 5.96. The average molecular weight is 300 g/mol. The normalized spacial score (nSPS) is 10.5. The van der Waals surface area contributed by atoms with Gasteiger partial charge in [-0.2, -0.15) is 0 Å². The maximum atomic E-state index is 12.2. The van der Waals surface area contributed by atoms with Crippen molar-refractivity contribution in [1.82, 2.24) is 9.88 Å². The van der Waals surface area contributed by atoms with Crippen molar-refractivity contribution in [3.05, 3.63) is 52.8 Å². The van der Waals surface area contributed by atoms with Crippen molar-refractivity contribution in [2.45, 2.75) is 27.2 Å². The number of carbonyl (C=O) groups excluding carboxylic acids is 1. The Morgan fingerprint density at radius 3 is 2.55 bits per heavy atom. The van der Waals surface area contributed by atoms with Gasteiger partial charge in [-0.25, -0.2) is 0 Å². The first-order chi connectivity index (χ1) is 10.4. The van der Waals surface area contributed by atoms with E-state index in [1.165, 1.54) is 0 Å². The molecule has 2 aromatic rings. The Morgan fingerprint density at radius 1 is 1.18 bits per heavy atom. The fourth-order valence-corrected chi connectivity index (χ4v) is 2.54. The van der Waals surface area contributed by atoms with Gasteiger partial charge in [-0.3, -0.25) is 9.59 Å². The van der Waals surface area contributed by atoms with Crippen LogP contribution in [0.5, 0.6) is 0 Å². The van der Waals surface area contributed by atoms with Crippen LogP contribution in [0.1, 0.15) is 33.7 Å².